The smallest absolute Gasteiger partial charge is 0.273 e. The minimum absolute atomic E-state index is 0.257. The van der Waals surface area contributed by atoms with E-state index < -0.39 is 0 Å². The number of carbonyl (C=O) groups is 1. The minimum Gasteiger partial charge on any atom is -0.355 e. The Bertz CT molecular complexity index is 976. The summed E-state index contributed by atoms with van der Waals surface area (Å²) in [5.74, 6) is 1.05. The van der Waals surface area contributed by atoms with Crippen LogP contribution in [0, 0.1) is 0 Å². The molecule has 0 aliphatic heterocycles. The zero-order chi connectivity index (χ0) is 17.1. The molecule has 0 aromatic carbocycles. The van der Waals surface area contributed by atoms with E-state index in [1.807, 2.05) is 35.8 Å². The summed E-state index contributed by atoms with van der Waals surface area (Å²) in [6.07, 6.45) is 6.87. The molecule has 0 spiro atoms. The average molecular weight is 351 g/mol. The second-order valence-electron chi connectivity index (χ2n) is 5.23. The highest BCUT2D eigenvalue weighted by Crippen LogP contribution is 2.25. The third-order valence-electron chi connectivity index (χ3n) is 3.54. The van der Waals surface area contributed by atoms with Gasteiger partial charge in [-0.15, -0.1) is 11.3 Å². The Morgan fingerprint density at radius 1 is 1.28 bits per heavy atom. The molecule has 0 unspecified atom stereocenters. The maximum Gasteiger partial charge on any atom is 0.273 e. The first kappa shape index (κ1) is 15.3. The van der Waals surface area contributed by atoms with Crippen molar-refractivity contribution < 1.29 is 9.32 Å². The van der Waals surface area contributed by atoms with Gasteiger partial charge in [-0.05, 0) is 29.1 Å². The fourth-order valence-electron chi connectivity index (χ4n) is 2.30. The Hall–Kier alpha value is -3.26. The Morgan fingerprint density at radius 2 is 2.24 bits per heavy atom. The molecule has 4 aromatic rings. The van der Waals surface area contributed by atoms with Gasteiger partial charge < -0.3 is 9.84 Å². The molecule has 0 saturated carbocycles. The zero-order valence-corrected chi connectivity index (χ0v) is 13.8. The van der Waals surface area contributed by atoms with Crippen LogP contribution in [-0.4, -0.2) is 25.6 Å². The molecule has 4 heterocycles. The van der Waals surface area contributed by atoms with Crippen LogP contribution in [0.25, 0.3) is 16.5 Å². The van der Waals surface area contributed by atoms with Gasteiger partial charge in [0.15, 0.2) is 11.5 Å². The number of imidazole rings is 1. The molecule has 1 N–H and O–H groups in total. The number of hydrogen-bond acceptors (Lipinski definition) is 6. The maximum absolute atomic E-state index is 12.3. The normalized spacial score (nSPS) is 10.7. The second kappa shape index (κ2) is 6.70. The first-order valence-corrected chi connectivity index (χ1v) is 8.39. The largest absolute Gasteiger partial charge is 0.355 e. The maximum atomic E-state index is 12.3. The Balaban J connectivity index is 1.43. The highest BCUT2D eigenvalue weighted by atomic mass is 32.1. The number of pyridine rings is 1. The van der Waals surface area contributed by atoms with Crippen LogP contribution < -0.4 is 5.32 Å². The summed E-state index contributed by atoms with van der Waals surface area (Å²) in [6.45, 7) is 0.365. The van der Waals surface area contributed by atoms with Crippen LogP contribution in [0.3, 0.4) is 0 Å². The molecule has 124 valence electrons. The van der Waals surface area contributed by atoms with E-state index in [0.29, 0.717) is 12.3 Å². The van der Waals surface area contributed by atoms with Gasteiger partial charge in [-0.1, -0.05) is 11.2 Å². The van der Waals surface area contributed by atoms with Crippen molar-refractivity contribution in [1.29, 1.82) is 0 Å². The number of thiophene rings is 1. The number of nitrogens with zero attached hydrogens (tertiary/aromatic N) is 4. The zero-order valence-electron chi connectivity index (χ0n) is 13.0. The number of aromatic nitrogens is 4. The van der Waals surface area contributed by atoms with Crippen molar-refractivity contribution in [3.8, 4) is 16.5 Å². The molecular weight excluding hydrogens is 338 g/mol. The van der Waals surface area contributed by atoms with Crippen molar-refractivity contribution in [1.82, 2.24) is 25.0 Å². The summed E-state index contributed by atoms with van der Waals surface area (Å²) >= 11 is 1.53. The predicted molar refractivity (Wildman–Crippen MR) is 92.3 cm³/mol. The summed E-state index contributed by atoms with van der Waals surface area (Å²) < 4.78 is 7.03. The average Bonchev–Trinajstić information content (AvgIpc) is 3.41. The molecular formula is C17H13N5O2S. The number of carbonyl (C=O) groups excluding carboxylic acids is 1. The van der Waals surface area contributed by atoms with E-state index in [9.17, 15) is 4.79 Å². The van der Waals surface area contributed by atoms with E-state index in [0.717, 1.165) is 16.3 Å². The summed E-state index contributed by atoms with van der Waals surface area (Å²) in [5.41, 5.74) is 1.18. The van der Waals surface area contributed by atoms with Crippen LogP contribution in [0.1, 0.15) is 16.1 Å². The van der Waals surface area contributed by atoms with Crippen LogP contribution in [0.5, 0.6) is 0 Å². The molecule has 7 nitrogen and oxygen atoms in total. The highest BCUT2D eigenvalue weighted by Gasteiger charge is 2.14. The lowest BCUT2D eigenvalue weighted by atomic mass is 10.2. The van der Waals surface area contributed by atoms with Gasteiger partial charge in [-0.25, -0.2) is 9.97 Å². The van der Waals surface area contributed by atoms with Gasteiger partial charge in [0.1, 0.15) is 12.1 Å². The second-order valence-corrected chi connectivity index (χ2v) is 6.18. The van der Waals surface area contributed by atoms with Crippen LogP contribution in [0.4, 0.5) is 0 Å². The van der Waals surface area contributed by atoms with Gasteiger partial charge >= 0.3 is 0 Å². The number of rotatable bonds is 5. The lowest BCUT2D eigenvalue weighted by molar-refractivity contribution is 0.0942. The van der Waals surface area contributed by atoms with Crippen LogP contribution in [0.15, 0.2) is 65.2 Å². The first-order chi connectivity index (χ1) is 12.3. The van der Waals surface area contributed by atoms with E-state index in [4.69, 9.17) is 4.52 Å². The monoisotopic (exact) mass is 351 g/mol. The van der Waals surface area contributed by atoms with Gasteiger partial charge in [0.25, 0.3) is 5.91 Å². The van der Waals surface area contributed by atoms with Gasteiger partial charge in [0, 0.05) is 31.2 Å². The molecule has 0 aliphatic rings. The van der Waals surface area contributed by atoms with E-state index in [2.05, 4.69) is 20.4 Å². The molecule has 0 saturated heterocycles. The topological polar surface area (TPSA) is 85.8 Å². The van der Waals surface area contributed by atoms with Crippen molar-refractivity contribution in [2.45, 2.75) is 6.54 Å². The van der Waals surface area contributed by atoms with Crippen LogP contribution >= 0.6 is 11.3 Å². The van der Waals surface area contributed by atoms with E-state index in [1.54, 1.807) is 29.4 Å². The lowest BCUT2D eigenvalue weighted by Gasteiger charge is -2.06. The van der Waals surface area contributed by atoms with E-state index in [1.165, 1.54) is 11.3 Å². The van der Waals surface area contributed by atoms with E-state index >= 15 is 0 Å². The summed E-state index contributed by atoms with van der Waals surface area (Å²) in [7, 11) is 0. The highest BCUT2D eigenvalue weighted by molar-refractivity contribution is 7.13. The van der Waals surface area contributed by atoms with Crippen molar-refractivity contribution in [3.05, 3.63) is 71.9 Å². The molecule has 1 amide bonds. The molecule has 25 heavy (non-hydrogen) atoms. The van der Waals surface area contributed by atoms with E-state index in [-0.39, 0.29) is 11.6 Å². The molecule has 0 fully saturated rings. The quantitative estimate of drug-likeness (QED) is 0.597. The van der Waals surface area contributed by atoms with Gasteiger partial charge in [0.2, 0.25) is 0 Å². The third-order valence-corrected chi connectivity index (χ3v) is 4.42. The predicted octanol–water partition coefficient (Wildman–Crippen LogP) is 2.91. The first-order valence-electron chi connectivity index (χ1n) is 7.51. The molecule has 8 heteroatoms. The standard InChI is InChI=1S/C17H13N5O2S/c23-17(13-9-14(24-21-13)15-2-1-7-25-15)20-10-12-3-4-19-16(8-12)22-6-5-18-11-22/h1-9,11H,10H2,(H,20,23). The third kappa shape index (κ3) is 3.33. The van der Waals surface area contributed by atoms with Gasteiger partial charge in [-0.2, -0.15) is 0 Å². The molecule has 0 atom stereocenters. The summed E-state index contributed by atoms with van der Waals surface area (Å²) in [6, 6.07) is 9.22. The Kier molecular flexibility index (Phi) is 4.09. The van der Waals surface area contributed by atoms with Crippen LogP contribution in [-0.2, 0) is 6.54 Å². The number of hydrogen-bond donors (Lipinski definition) is 1. The molecule has 4 rings (SSSR count). The molecule has 4 aromatic heterocycles. The van der Waals surface area contributed by atoms with Gasteiger partial charge in [-0.3, -0.25) is 9.36 Å². The van der Waals surface area contributed by atoms with Crippen molar-refractivity contribution in [2.75, 3.05) is 0 Å². The lowest BCUT2D eigenvalue weighted by Crippen LogP contribution is -2.23. The fraction of sp³-hybridized carbons (Fsp3) is 0.0588. The summed E-state index contributed by atoms with van der Waals surface area (Å²) in [5, 5.41) is 8.62. The van der Waals surface area contributed by atoms with Crippen molar-refractivity contribution >= 4 is 17.2 Å². The Morgan fingerprint density at radius 3 is 3.04 bits per heavy atom. The minimum atomic E-state index is -0.285. The number of nitrogens with one attached hydrogen (secondary N) is 1. The van der Waals surface area contributed by atoms with Crippen molar-refractivity contribution in [2.24, 2.45) is 0 Å². The fourth-order valence-corrected chi connectivity index (χ4v) is 2.97. The SMILES string of the molecule is O=C(NCc1ccnc(-n2ccnc2)c1)c1cc(-c2cccs2)on1. The molecule has 0 bridgehead atoms. The molecule has 0 aliphatic carbocycles. The number of amides is 1. The molecule has 0 radical (unpaired) electrons. The van der Waals surface area contributed by atoms with Gasteiger partial charge in [0.05, 0.1) is 4.88 Å². The summed E-state index contributed by atoms with van der Waals surface area (Å²) in [4.78, 5) is 21.5. The van der Waals surface area contributed by atoms with Crippen LogP contribution in [0.2, 0.25) is 0 Å². The van der Waals surface area contributed by atoms with Crippen molar-refractivity contribution in [3.63, 3.8) is 0 Å². The Labute approximate surface area is 147 Å².